The molecule has 7 nitrogen and oxygen atoms in total. The first-order valence-corrected chi connectivity index (χ1v) is 7.66. The first-order chi connectivity index (χ1) is 9.29. The molecule has 0 amide bonds. The van der Waals surface area contributed by atoms with E-state index in [-0.39, 0.29) is 28.6 Å². The Balaban J connectivity index is 2.99. The van der Waals surface area contributed by atoms with Gasteiger partial charge >= 0.3 is 0 Å². The molecule has 1 unspecified atom stereocenters. The molecule has 1 aromatic carbocycles. The third kappa shape index (κ3) is 3.99. The molecule has 0 bridgehead atoms. The molecule has 0 spiro atoms. The van der Waals surface area contributed by atoms with Gasteiger partial charge in [0.25, 0.3) is 5.69 Å². The molecule has 0 saturated carbocycles. The number of benzene rings is 1. The van der Waals surface area contributed by atoms with Crippen LogP contribution in [0.25, 0.3) is 0 Å². The fraction of sp³-hybridized carbons (Fsp3) is 0.500. The van der Waals surface area contributed by atoms with Crippen LogP contribution >= 0.6 is 0 Å². The highest BCUT2D eigenvalue weighted by atomic mass is 32.2. The van der Waals surface area contributed by atoms with Gasteiger partial charge in [-0.05, 0) is 32.5 Å². The summed E-state index contributed by atoms with van der Waals surface area (Å²) in [6.45, 7) is 4.28. The highest BCUT2D eigenvalue weighted by molar-refractivity contribution is 7.89. The zero-order chi connectivity index (χ0) is 15.3. The molecule has 20 heavy (non-hydrogen) atoms. The SMILES string of the molecule is CNCC(C)CNS(=O)(=O)c1cccc([N+](=O)[O-])c1C. The van der Waals surface area contributed by atoms with E-state index >= 15 is 0 Å². The molecular formula is C12H19N3O4S. The summed E-state index contributed by atoms with van der Waals surface area (Å²) in [6.07, 6.45) is 0. The first kappa shape index (κ1) is 16.5. The fourth-order valence-electron chi connectivity index (χ4n) is 1.84. The van der Waals surface area contributed by atoms with Crippen LogP contribution in [0.4, 0.5) is 5.69 Å². The predicted molar refractivity (Wildman–Crippen MR) is 76.1 cm³/mol. The van der Waals surface area contributed by atoms with Gasteiger partial charge in [-0.1, -0.05) is 13.0 Å². The molecule has 0 radical (unpaired) electrons. The number of nitrogens with zero attached hydrogens (tertiary/aromatic N) is 1. The highest BCUT2D eigenvalue weighted by Gasteiger charge is 2.22. The Hall–Kier alpha value is -1.51. The van der Waals surface area contributed by atoms with E-state index < -0.39 is 14.9 Å². The van der Waals surface area contributed by atoms with Crippen molar-refractivity contribution in [1.29, 1.82) is 0 Å². The second kappa shape index (κ2) is 6.78. The summed E-state index contributed by atoms with van der Waals surface area (Å²) >= 11 is 0. The third-order valence-electron chi connectivity index (χ3n) is 2.92. The number of nitro groups is 1. The lowest BCUT2D eigenvalue weighted by Gasteiger charge is -2.13. The molecule has 0 aliphatic rings. The van der Waals surface area contributed by atoms with E-state index in [2.05, 4.69) is 10.0 Å². The lowest BCUT2D eigenvalue weighted by atomic mass is 10.2. The minimum Gasteiger partial charge on any atom is -0.319 e. The van der Waals surface area contributed by atoms with Gasteiger partial charge in [0.2, 0.25) is 10.0 Å². The summed E-state index contributed by atoms with van der Waals surface area (Å²) in [5.74, 6) is 0.119. The quantitative estimate of drug-likeness (QED) is 0.579. The summed E-state index contributed by atoms with van der Waals surface area (Å²) in [6, 6.07) is 4.03. The molecule has 0 heterocycles. The predicted octanol–water partition coefficient (Wildman–Crippen LogP) is 1.04. The van der Waals surface area contributed by atoms with Gasteiger partial charge in [0.1, 0.15) is 0 Å². The molecule has 0 aliphatic carbocycles. The van der Waals surface area contributed by atoms with Crippen LogP contribution in [0.3, 0.4) is 0 Å². The average molecular weight is 301 g/mol. The largest absolute Gasteiger partial charge is 0.319 e. The molecule has 1 rings (SSSR count). The maximum Gasteiger partial charge on any atom is 0.273 e. The molecule has 0 saturated heterocycles. The van der Waals surface area contributed by atoms with Crippen molar-refractivity contribution < 1.29 is 13.3 Å². The molecule has 0 fully saturated rings. The van der Waals surface area contributed by atoms with Crippen LogP contribution in [0, 0.1) is 23.0 Å². The van der Waals surface area contributed by atoms with Gasteiger partial charge in [-0.2, -0.15) is 0 Å². The van der Waals surface area contributed by atoms with Crippen molar-refractivity contribution in [3.8, 4) is 0 Å². The highest BCUT2D eigenvalue weighted by Crippen LogP contribution is 2.24. The van der Waals surface area contributed by atoms with Crippen LogP contribution in [-0.2, 0) is 10.0 Å². The standard InChI is InChI=1S/C12H19N3O4S/c1-9(7-13-3)8-14-20(18,19)12-6-4-5-11(10(12)2)15(16)17/h4-6,9,13-14H,7-8H2,1-3H3. The van der Waals surface area contributed by atoms with E-state index in [1.807, 2.05) is 6.92 Å². The van der Waals surface area contributed by atoms with E-state index in [9.17, 15) is 18.5 Å². The van der Waals surface area contributed by atoms with Gasteiger partial charge in [0.05, 0.1) is 9.82 Å². The monoisotopic (exact) mass is 301 g/mol. The maximum atomic E-state index is 12.2. The molecule has 0 aliphatic heterocycles. The van der Waals surface area contributed by atoms with Crippen LogP contribution in [-0.4, -0.2) is 33.5 Å². The molecule has 2 N–H and O–H groups in total. The lowest BCUT2D eigenvalue weighted by molar-refractivity contribution is -0.385. The molecule has 1 atom stereocenters. The number of nitrogens with one attached hydrogen (secondary N) is 2. The smallest absolute Gasteiger partial charge is 0.273 e. The molecule has 0 aromatic heterocycles. The van der Waals surface area contributed by atoms with Crippen LogP contribution in [0.15, 0.2) is 23.1 Å². The van der Waals surface area contributed by atoms with E-state index in [1.54, 1.807) is 7.05 Å². The Bertz CT molecular complexity index is 586. The third-order valence-corrected chi connectivity index (χ3v) is 4.48. The summed E-state index contributed by atoms with van der Waals surface area (Å²) in [5.41, 5.74) is -0.0533. The van der Waals surface area contributed by atoms with E-state index in [4.69, 9.17) is 0 Å². The van der Waals surface area contributed by atoms with Gasteiger partial charge in [-0.3, -0.25) is 10.1 Å². The van der Waals surface area contributed by atoms with Gasteiger partial charge in [0.15, 0.2) is 0 Å². The molecule has 8 heteroatoms. The van der Waals surface area contributed by atoms with Crippen molar-refractivity contribution in [3.63, 3.8) is 0 Å². The summed E-state index contributed by atoms with van der Waals surface area (Å²) in [4.78, 5) is 10.2. The normalized spacial score (nSPS) is 13.2. The van der Waals surface area contributed by atoms with Crippen molar-refractivity contribution in [2.45, 2.75) is 18.7 Å². The number of rotatable bonds is 7. The maximum absolute atomic E-state index is 12.2. The van der Waals surface area contributed by atoms with Crippen LogP contribution in [0.1, 0.15) is 12.5 Å². The van der Waals surface area contributed by atoms with Crippen molar-refractivity contribution >= 4 is 15.7 Å². The van der Waals surface area contributed by atoms with E-state index in [1.165, 1.54) is 25.1 Å². The Kier molecular flexibility index (Phi) is 5.61. The fourth-order valence-corrected chi connectivity index (χ4v) is 3.27. The zero-order valence-electron chi connectivity index (χ0n) is 11.7. The Labute approximate surface area is 118 Å². The van der Waals surface area contributed by atoms with Crippen LogP contribution < -0.4 is 10.0 Å². The van der Waals surface area contributed by atoms with Gasteiger partial charge < -0.3 is 5.32 Å². The number of nitro benzene ring substituents is 1. The summed E-state index contributed by atoms with van der Waals surface area (Å²) in [7, 11) is -1.96. The Morgan fingerprint density at radius 3 is 2.55 bits per heavy atom. The summed E-state index contributed by atoms with van der Waals surface area (Å²) < 4.78 is 26.8. The Morgan fingerprint density at radius 1 is 1.35 bits per heavy atom. The lowest BCUT2D eigenvalue weighted by Crippen LogP contribution is -2.32. The number of hydrogen-bond donors (Lipinski definition) is 2. The van der Waals surface area contributed by atoms with Crippen molar-refractivity contribution in [2.75, 3.05) is 20.1 Å². The molecule has 112 valence electrons. The van der Waals surface area contributed by atoms with Gasteiger partial charge in [-0.25, -0.2) is 13.1 Å². The topological polar surface area (TPSA) is 101 Å². The number of hydrogen-bond acceptors (Lipinski definition) is 5. The minimum atomic E-state index is -3.74. The zero-order valence-corrected chi connectivity index (χ0v) is 12.5. The van der Waals surface area contributed by atoms with Gasteiger partial charge in [-0.15, -0.1) is 0 Å². The van der Waals surface area contributed by atoms with Crippen molar-refractivity contribution in [2.24, 2.45) is 5.92 Å². The van der Waals surface area contributed by atoms with Crippen LogP contribution in [0.5, 0.6) is 0 Å². The summed E-state index contributed by atoms with van der Waals surface area (Å²) in [5, 5.41) is 13.8. The Morgan fingerprint density at radius 2 is 2.00 bits per heavy atom. The molecule has 1 aromatic rings. The minimum absolute atomic E-state index is 0.0524. The first-order valence-electron chi connectivity index (χ1n) is 6.18. The average Bonchev–Trinajstić information content (AvgIpc) is 2.36. The van der Waals surface area contributed by atoms with E-state index in [0.29, 0.717) is 6.54 Å². The van der Waals surface area contributed by atoms with Crippen molar-refractivity contribution in [3.05, 3.63) is 33.9 Å². The molecular weight excluding hydrogens is 282 g/mol. The second-order valence-corrected chi connectivity index (χ2v) is 6.41. The van der Waals surface area contributed by atoms with Gasteiger partial charge in [0, 0.05) is 18.2 Å². The number of sulfonamides is 1. The van der Waals surface area contributed by atoms with Crippen LogP contribution in [0.2, 0.25) is 0 Å². The second-order valence-electron chi connectivity index (χ2n) is 4.67. The van der Waals surface area contributed by atoms with E-state index in [0.717, 1.165) is 0 Å². The van der Waals surface area contributed by atoms with Crippen molar-refractivity contribution in [1.82, 2.24) is 10.0 Å².